The van der Waals surface area contributed by atoms with Crippen LogP contribution in [0, 0.1) is 5.82 Å². The average Bonchev–Trinajstić information content (AvgIpc) is 3.18. The maximum Gasteiger partial charge on any atom is 0.416 e. The van der Waals surface area contributed by atoms with E-state index in [9.17, 15) is 35.5 Å². The normalized spacial score (nSPS) is 12.8. The van der Waals surface area contributed by atoms with E-state index in [1.807, 2.05) is 0 Å². The van der Waals surface area contributed by atoms with Crippen LogP contribution in [-0.4, -0.2) is 31.8 Å². The van der Waals surface area contributed by atoms with Crippen molar-refractivity contribution in [1.82, 2.24) is 19.7 Å². The summed E-state index contributed by atoms with van der Waals surface area (Å²) in [4.78, 5) is 19.9. The molecule has 0 radical (unpaired) electrons. The smallest absolute Gasteiger partial charge is 0.416 e. The van der Waals surface area contributed by atoms with E-state index in [0.717, 1.165) is 35.7 Å². The van der Waals surface area contributed by atoms with Crippen LogP contribution in [0.25, 0.3) is 23.2 Å². The molecule has 0 N–H and O–H groups in total. The molecule has 180 valence electrons. The zero-order valence-corrected chi connectivity index (χ0v) is 17.4. The third-order valence-electron chi connectivity index (χ3n) is 4.19. The van der Waals surface area contributed by atoms with Gasteiger partial charge in [-0.3, -0.25) is 4.98 Å². The molecule has 34 heavy (non-hydrogen) atoms. The molecule has 13 heteroatoms. The highest BCUT2D eigenvalue weighted by Gasteiger charge is 2.37. The SMILES string of the molecule is CC(C)OC(=O)/C(=C/n1cnc(-c2cc(C(F)(F)F)cc(C(F)(F)F)c2)n1)c1cncc(F)c1. The molecule has 2 heterocycles. The largest absolute Gasteiger partial charge is 0.459 e. The van der Waals surface area contributed by atoms with Crippen molar-refractivity contribution in [3.8, 4) is 11.4 Å². The summed E-state index contributed by atoms with van der Waals surface area (Å²) >= 11 is 0. The van der Waals surface area contributed by atoms with Gasteiger partial charge in [0.15, 0.2) is 5.82 Å². The van der Waals surface area contributed by atoms with E-state index in [-0.39, 0.29) is 17.2 Å². The van der Waals surface area contributed by atoms with Crippen LogP contribution in [0.4, 0.5) is 30.7 Å². The van der Waals surface area contributed by atoms with Gasteiger partial charge in [-0.1, -0.05) is 0 Å². The zero-order valence-electron chi connectivity index (χ0n) is 17.4. The molecule has 3 rings (SSSR count). The first-order chi connectivity index (χ1) is 15.7. The molecule has 2 aromatic heterocycles. The number of hydrogen-bond acceptors (Lipinski definition) is 5. The fourth-order valence-corrected chi connectivity index (χ4v) is 2.77. The number of nitrogens with zero attached hydrogens (tertiary/aromatic N) is 4. The lowest BCUT2D eigenvalue weighted by molar-refractivity contribution is -0.143. The third-order valence-corrected chi connectivity index (χ3v) is 4.19. The van der Waals surface area contributed by atoms with Crippen LogP contribution in [0.2, 0.25) is 0 Å². The number of benzene rings is 1. The molecule has 0 saturated heterocycles. The summed E-state index contributed by atoms with van der Waals surface area (Å²) in [5, 5.41) is 3.85. The van der Waals surface area contributed by atoms with Gasteiger partial charge in [0.1, 0.15) is 12.1 Å². The molecular weight excluding hydrogens is 473 g/mol. The van der Waals surface area contributed by atoms with Gasteiger partial charge in [0.2, 0.25) is 0 Å². The van der Waals surface area contributed by atoms with Crippen molar-refractivity contribution in [3.63, 3.8) is 0 Å². The van der Waals surface area contributed by atoms with Crippen LogP contribution in [0.15, 0.2) is 43.0 Å². The van der Waals surface area contributed by atoms with Crippen molar-refractivity contribution in [2.24, 2.45) is 0 Å². The van der Waals surface area contributed by atoms with E-state index in [4.69, 9.17) is 4.74 Å². The number of alkyl halides is 6. The zero-order chi connectivity index (χ0) is 25.3. The molecule has 0 fully saturated rings. The fraction of sp³-hybridized carbons (Fsp3) is 0.238. The molecule has 0 amide bonds. The second-order valence-corrected chi connectivity index (χ2v) is 7.23. The minimum Gasteiger partial charge on any atom is -0.459 e. The monoisotopic (exact) mass is 488 g/mol. The molecule has 0 unspecified atom stereocenters. The van der Waals surface area contributed by atoms with Crippen molar-refractivity contribution in [2.75, 3.05) is 0 Å². The molecule has 0 saturated carbocycles. The quantitative estimate of drug-likeness (QED) is 0.271. The van der Waals surface area contributed by atoms with Gasteiger partial charge in [0.25, 0.3) is 0 Å². The Morgan fingerprint density at radius 2 is 1.62 bits per heavy atom. The predicted molar refractivity (Wildman–Crippen MR) is 105 cm³/mol. The molecule has 0 aliphatic carbocycles. The van der Waals surface area contributed by atoms with Crippen LogP contribution in [0.1, 0.15) is 30.5 Å². The lowest BCUT2D eigenvalue weighted by Gasteiger charge is -2.13. The first-order valence-corrected chi connectivity index (χ1v) is 9.49. The molecule has 0 aliphatic rings. The molecule has 0 spiro atoms. The number of ether oxygens (including phenoxy) is 1. The summed E-state index contributed by atoms with van der Waals surface area (Å²) in [5.41, 5.74) is -3.83. The van der Waals surface area contributed by atoms with Gasteiger partial charge in [-0.05, 0) is 38.1 Å². The van der Waals surface area contributed by atoms with E-state index in [1.165, 1.54) is 0 Å². The van der Waals surface area contributed by atoms with Crippen molar-refractivity contribution in [2.45, 2.75) is 32.3 Å². The second kappa shape index (κ2) is 9.23. The average molecular weight is 488 g/mol. The molecule has 0 aliphatic heterocycles. The Kier molecular flexibility index (Phi) is 6.75. The highest BCUT2D eigenvalue weighted by Crippen LogP contribution is 2.38. The van der Waals surface area contributed by atoms with Crippen molar-refractivity contribution in [1.29, 1.82) is 0 Å². The van der Waals surface area contributed by atoms with Crippen LogP contribution < -0.4 is 0 Å². The van der Waals surface area contributed by atoms with Crippen molar-refractivity contribution in [3.05, 3.63) is 65.5 Å². The van der Waals surface area contributed by atoms with Crippen molar-refractivity contribution >= 4 is 17.7 Å². The molecule has 0 bridgehead atoms. The Hall–Kier alpha value is -3.77. The third kappa shape index (κ3) is 5.97. The van der Waals surface area contributed by atoms with Crippen LogP contribution in [-0.2, 0) is 21.9 Å². The topological polar surface area (TPSA) is 69.9 Å². The lowest BCUT2D eigenvalue weighted by Crippen LogP contribution is -2.14. The number of carbonyl (C=O) groups excluding carboxylic acids is 1. The summed E-state index contributed by atoms with van der Waals surface area (Å²) in [6, 6.07) is 1.92. The van der Waals surface area contributed by atoms with Gasteiger partial charge in [-0.15, -0.1) is 5.10 Å². The van der Waals surface area contributed by atoms with Gasteiger partial charge in [0, 0.05) is 23.5 Å². The standard InChI is InChI=1S/C21H15F7N4O2/c1-11(2)34-19(33)17(13-5-16(22)8-29-7-13)9-32-10-30-18(31-32)12-3-14(20(23,24)25)6-15(4-12)21(26,27)28/h3-11H,1-2H3/b17-9+. The van der Waals surface area contributed by atoms with Crippen LogP contribution in [0.3, 0.4) is 0 Å². The minimum atomic E-state index is -5.05. The van der Waals surface area contributed by atoms with Crippen molar-refractivity contribution < 1.29 is 40.3 Å². The highest BCUT2D eigenvalue weighted by molar-refractivity contribution is 6.20. The number of carbonyl (C=O) groups is 1. The first-order valence-electron chi connectivity index (χ1n) is 9.49. The number of hydrogen-bond donors (Lipinski definition) is 0. The number of aromatic nitrogens is 4. The van der Waals surface area contributed by atoms with E-state index in [2.05, 4.69) is 15.1 Å². The van der Waals surface area contributed by atoms with E-state index >= 15 is 0 Å². The Balaban J connectivity index is 2.08. The Morgan fingerprint density at radius 3 is 2.15 bits per heavy atom. The Bertz CT molecular complexity index is 1200. The summed E-state index contributed by atoms with van der Waals surface area (Å²) in [7, 11) is 0. The molecule has 1 aromatic carbocycles. The van der Waals surface area contributed by atoms with E-state index in [0.29, 0.717) is 12.1 Å². The lowest BCUT2D eigenvalue weighted by atomic mass is 10.0. The van der Waals surface area contributed by atoms with Crippen LogP contribution in [0.5, 0.6) is 0 Å². The maximum absolute atomic E-state index is 13.6. The van der Waals surface area contributed by atoms with E-state index in [1.54, 1.807) is 13.8 Å². The number of esters is 1. The maximum atomic E-state index is 13.6. The van der Waals surface area contributed by atoms with Gasteiger partial charge in [-0.2, -0.15) is 26.3 Å². The van der Waals surface area contributed by atoms with Gasteiger partial charge in [0.05, 0.1) is 29.0 Å². The summed E-state index contributed by atoms with van der Waals surface area (Å²) in [5.74, 6) is -2.12. The molecule has 0 atom stereocenters. The van der Waals surface area contributed by atoms with E-state index < -0.39 is 52.8 Å². The number of rotatable bonds is 5. The molecule has 3 aromatic rings. The summed E-state index contributed by atoms with van der Waals surface area (Å²) < 4.78 is 98.4. The Labute approximate surface area is 187 Å². The fourth-order valence-electron chi connectivity index (χ4n) is 2.77. The Morgan fingerprint density at radius 1 is 1.00 bits per heavy atom. The van der Waals surface area contributed by atoms with Crippen LogP contribution >= 0.6 is 0 Å². The summed E-state index contributed by atoms with van der Waals surface area (Å²) in [6.45, 7) is 3.14. The summed E-state index contributed by atoms with van der Waals surface area (Å²) in [6.07, 6.45) is -6.58. The molecular formula is C21H15F7N4O2. The number of pyridine rings is 1. The van der Waals surface area contributed by atoms with Gasteiger partial charge >= 0.3 is 18.3 Å². The highest BCUT2D eigenvalue weighted by atomic mass is 19.4. The van der Waals surface area contributed by atoms with Gasteiger partial charge in [-0.25, -0.2) is 18.9 Å². The molecule has 6 nitrogen and oxygen atoms in total. The van der Waals surface area contributed by atoms with Gasteiger partial charge < -0.3 is 4.74 Å². The second-order valence-electron chi connectivity index (χ2n) is 7.23. The minimum absolute atomic E-state index is 0.00104. The first kappa shape index (κ1) is 24.9. The number of halogens is 7. The predicted octanol–water partition coefficient (Wildman–Crippen LogP) is 5.47.